The maximum absolute atomic E-state index is 10.9. The van der Waals surface area contributed by atoms with Crippen LogP contribution in [0.15, 0.2) is 0 Å². The largest absolute Gasteiger partial charge is 0.213 e. The predicted molar refractivity (Wildman–Crippen MR) is 60.1 cm³/mol. The minimum atomic E-state index is -3.07. The molecular formula is C7H16INO2S. The fourth-order valence-corrected chi connectivity index (χ4v) is 3.49. The number of nitrogens with one attached hydrogen (secondary N) is 1. The van der Waals surface area contributed by atoms with Crippen LogP contribution in [0.4, 0.5) is 0 Å². The van der Waals surface area contributed by atoms with E-state index in [2.05, 4.69) is 27.3 Å². The van der Waals surface area contributed by atoms with Crippen molar-refractivity contribution >= 4 is 32.6 Å². The minimum absolute atomic E-state index is 0.00750. The van der Waals surface area contributed by atoms with Gasteiger partial charge in [0.05, 0.1) is 6.26 Å². The lowest BCUT2D eigenvalue weighted by atomic mass is 9.89. The highest BCUT2D eigenvalue weighted by Gasteiger charge is 2.25. The number of hydrogen-bond donors (Lipinski definition) is 1. The first-order valence-corrected chi connectivity index (χ1v) is 7.12. The molecule has 1 unspecified atom stereocenters. The first-order valence-electron chi connectivity index (χ1n) is 3.70. The Kier molecular flexibility index (Phi) is 4.46. The van der Waals surface area contributed by atoms with E-state index in [9.17, 15) is 8.42 Å². The van der Waals surface area contributed by atoms with Gasteiger partial charge in [-0.2, -0.15) is 0 Å². The van der Waals surface area contributed by atoms with Crippen LogP contribution in [0.25, 0.3) is 0 Å². The van der Waals surface area contributed by atoms with Crippen LogP contribution in [0.2, 0.25) is 0 Å². The fourth-order valence-electron chi connectivity index (χ4n) is 0.698. The summed E-state index contributed by atoms with van der Waals surface area (Å²) in [5.41, 5.74) is -0.0235. The second-order valence-electron chi connectivity index (χ2n) is 3.96. The van der Waals surface area contributed by atoms with Gasteiger partial charge in [-0.3, -0.25) is 0 Å². The van der Waals surface area contributed by atoms with E-state index in [1.165, 1.54) is 6.26 Å². The third kappa shape index (κ3) is 5.31. The van der Waals surface area contributed by atoms with Crippen molar-refractivity contribution in [1.82, 2.24) is 4.72 Å². The van der Waals surface area contributed by atoms with Crippen LogP contribution >= 0.6 is 22.6 Å². The zero-order valence-corrected chi connectivity index (χ0v) is 10.9. The van der Waals surface area contributed by atoms with Crippen LogP contribution in [0.3, 0.4) is 0 Å². The summed E-state index contributed by atoms with van der Waals surface area (Å²) >= 11 is 2.19. The topological polar surface area (TPSA) is 46.2 Å². The first-order chi connectivity index (χ1) is 5.17. The molecule has 0 heterocycles. The normalized spacial score (nSPS) is 16.1. The smallest absolute Gasteiger partial charge is 0.208 e. The third-order valence-corrected chi connectivity index (χ3v) is 3.15. The van der Waals surface area contributed by atoms with E-state index in [0.717, 1.165) is 4.43 Å². The van der Waals surface area contributed by atoms with Crippen LogP contribution < -0.4 is 4.72 Å². The standard InChI is InChI=1S/C7H16INO2S/c1-7(2,3)6(5-8)9-12(4,10)11/h6,9H,5H2,1-4H3. The molecule has 0 rings (SSSR count). The Morgan fingerprint density at radius 2 is 1.83 bits per heavy atom. The average molecular weight is 305 g/mol. The van der Waals surface area contributed by atoms with Crippen molar-refractivity contribution in [3.8, 4) is 0 Å². The van der Waals surface area contributed by atoms with Gasteiger partial charge in [0.1, 0.15) is 0 Å². The van der Waals surface area contributed by atoms with Gasteiger partial charge in [-0.1, -0.05) is 43.4 Å². The SMILES string of the molecule is CC(C)(C)C(CI)NS(C)(=O)=O. The van der Waals surface area contributed by atoms with E-state index in [-0.39, 0.29) is 11.5 Å². The lowest BCUT2D eigenvalue weighted by Crippen LogP contribution is -2.44. The number of rotatable bonds is 3. The monoisotopic (exact) mass is 305 g/mol. The fraction of sp³-hybridized carbons (Fsp3) is 1.00. The van der Waals surface area contributed by atoms with E-state index < -0.39 is 10.0 Å². The lowest BCUT2D eigenvalue weighted by molar-refractivity contribution is 0.325. The lowest BCUT2D eigenvalue weighted by Gasteiger charge is -2.29. The molecular weight excluding hydrogens is 289 g/mol. The molecule has 0 amide bonds. The summed E-state index contributed by atoms with van der Waals surface area (Å²) in [6.45, 7) is 6.07. The van der Waals surface area contributed by atoms with Gasteiger partial charge >= 0.3 is 0 Å². The quantitative estimate of drug-likeness (QED) is 0.632. The zero-order chi connectivity index (χ0) is 9.99. The molecule has 0 aliphatic rings. The molecule has 0 aromatic carbocycles. The zero-order valence-electron chi connectivity index (χ0n) is 7.89. The molecule has 0 spiro atoms. The van der Waals surface area contributed by atoms with Crippen molar-refractivity contribution in [2.75, 3.05) is 10.7 Å². The Bertz CT molecular complexity index is 230. The Balaban J connectivity index is 4.41. The molecule has 0 bridgehead atoms. The number of halogens is 1. The Morgan fingerprint density at radius 1 is 1.42 bits per heavy atom. The molecule has 0 aliphatic carbocycles. The second-order valence-corrected chi connectivity index (χ2v) is 6.62. The van der Waals surface area contributed by atoms with Gasteiger partial charge in [0, 0.05) is 10.5 Å². The Morgan fingerprint density at radius 3 is 1.92 bits per heavy atom. The molecule has 12 heavy (non-hydrogen) atoms. The molecule has 3 nitrogen and oxygen atoms in total. The summed E-state index contributed by atoms with van der Waals surface area (Å²) in [5.74, 6) is 0. The summed E-state index contributed by atoms with van der Waals surface area (Å²) in [7, 11) is -3.07. The summed E-state index contributed by atoms with van der Waals surface area (Å²) in [6.07, 6.45) is 1.19. The van der Waals surface area contributed by atoms with Crippen molar-refractivity contribution in [2.24, 2.45) is 5.41 Å². The maximum Gasteiger partial charge on any atom is 0.208 e. The summed E-state index contributed by atoms with van der Waals surface area (Å²) in [4.78, 5) is 0. The molecule has 0 saturated carbocycles. The van der Waals surface area contributed by atoms with E-state index in [4.69, 9.17) is 0 Å². The number of sulfonamides is 1. The number of alkyl halides is 1. The van der Waals surface area contributed by atoms with Crippen molar-refractivity contribution in [3.63, 3.8) is 0 Å². The van der Waals surface area contributed by atoms with E-state index in [1.54, 1.807) is 0 Å². The highest BCUT2D eigenvalue weighted by molar-refractivity contribution is 14.1. The van der Waals surface area contributed by atoms with Gasteiger partial charge in [-0.25, -0.2) is 13.1 Å². The third-order valence-electron chi connectivity index (χ3n) is 1.56. The summed E-state index contributed by atoms with van der Waals surface area (Å²) < 4.78 is 25.3. The van der Waals surface area contributed by atoms with Crippen LogP contribution in [0.1, 0.15) is 20.8 Å². The van der Waals surface area contributed by atoms with Gasteiger partial charge in [-0.15, -0.1) is 0 Å². The first kappa shape index (κ1) is 12.6. The molecule has 0 fully saturated rings. The summed E-state index contributed by atoms with van der Waals surface area (Å²) in [6, 6.07) is 0.00750. The van der Waals surface area contributed by atoms with Gasteiger partial charge in [0.15, 0.2) is 0 Å². The van der Waals surface area contributed by atoms with Crippen LogP contribution in [0.5, 0.6) is 0 Å². The van der Waals surface area contributed by atoms with Crippen LogP contribution in [-0.4, -0.2) is 25.1 Å². The Hall–Kier alpha value is 0.640. The minimum Gasteiger partial charge on any atom is -0.213 e. The van der Waals surface area contributed by atoms with Crippen molar-refractivity contribution in [2.45, 2.75) is 26.8 Å². The summed E-state index contributed by atoms with van der Waals surface area (Å²) in [5, 5.41) is 0. The molecule has 1 atom stereocenters. The van der Waals surface area contributed by atoms with Crippen molar-refractivity contribution in [1.29, 1.82) is 0 Å². The molecule has 0 aliphatic heterocycles. The number of hydrogen-bond acceptors (Lipinski definition) is 2. The molecule has 5 heteroatoms. The average Bonchev–Trinajstić information content (AvgIpc) is 1.78. The van der Waals surface area contributed by atoms with Gasteiger partial charge in [-0.05, 0) is 5.41 Å². The van der Waals surface area contributed by atoms with E-state index in [0.29, 0.717) is 0 Å². The molecule has 0 aromatic rings. The second kappa shape index (κ2) is 4.23. The predicted octanol–water partition coefficient (Wildman–Crippen LogP) is 1.39. The highest BCUT2D eigenvalue weighted by atomic mass is 127. The van der Waals surface area contributed by atoms with Gasteiger partial charge in [0.2, 0.25) is 10.0 Å². The maximum atomic E-state index is 10.9. The molecule has 0 radical (unpaired) electrons. The van der Waals surface area contributed by atoms with Gasteiger partial charge in [0.25, 0.3) is 0 Å². The Labute approximate surface area is 88.5 Å². The molecule has 0 aromatic heterocycles. The van der Waals surface area contributed by atoms with Crippen LogP contribution in [0, 0.1) is 5.41 Å². The molecule has 0 saturated heterocycles. The molecule has 74 valence electrons. The molecule has 1 N–H and O–H groups in total. The van der Waals surface area contributed by atoms with Crippen molar-refractivity contribution in [3.05, 3.63) is 0 Å². The van der Waals surface area contributed by atoms with E-state index in [1.807, 2.05) is 20.8 Å². The van der Waals surface area contributed by atoms with Crippen LogP contribution in [-0.2, 0) is 10.0 Å². The highest BCUT2D eigenvalue weighted by Crippen LogP contribution is 2.21. The van der Waals surface area contributed by atoms with E-state index >= 15 is 0 Å². The van der Waals surface area contributed by atoms with Gasteiger partial charge < -0.3 is 0 Å². The van der Waals surface area contributed by atoms with Crippen molar-refractivity contribution < 1.29 is 8.42 Å².